The van der Waals surface area contributed by atoms with Gasteiger partial charge in [0.1, 0.15) is 17.4 Å². The lowest BCUT2D eigenvalue weighted by atomic mass is 9.91. The SMILES string of the molecule is CC12C[C@@H]1c1nc3cc(F)c(Br)cc3n1C2Cc1ccccc1OC(F)F. The van der Waals surface area contributed by atoms with Crippen LogP contribution in [0.25, 0.3) is 11.0 Å². The fourth-order valence-corrected chi connectivity index (χ4v) is 4.86. The maximum absolute atomic E-state index is 13.9. The highest BCUT2D eigenvalue weighted by atomic mass is 79.9. The second-order valence-electron chi connectivity index (χ2n) is 7.56. The molecule has 0 bridgehead atoms. The van der Waals surface area contributed by atoms with Crippen molar-refractivity contribution in [2.45, 2.75) is 38.3 Å². The first kappa shape index (κ1) is 17.1. The largest absolute Gasteiger partial charge is 0.435 e. The highest BCUT2D eigenvalue weighted by Crippen LogP contribution is 2.70. The Hall–Kier alpha value is -2.02. The van der Waals surface area contributed by atoms with E-state index < -0.39 is 6.61 Å². The molecule has 0 radical (unpaired) electrons. The first-order valence-corrected chi connectivity index (χ1v) is 9.57. The first-order chi connectivity index (χ1) is 12.9. The van der Waals surface area contributed by atoms with Crippen LogP contribution in [0.1, 0.15) is 36.7 Å². The van der Waals surface area contributed by atoms with Crippen LogP contribution in [0.4, 0.5) is 13.2 Å². The molecule has 0 N–H and O–H groups in total. The van der Waals surface area contributed by atoms with E-state index in [1.807, 2.05) is 12.1 Å². The summed E-state index contributed by atoms with van der Waals surface area (Å²) in [4.78, 5) is 4.68. The summed E-state index contributed by atoms with van der Waals surface area (Å²) >= 11 is 3.26. The van der Waals surface area contributed by atoms with Crippen LogP contribution in [0, 0.1) is 11.2 Å². The molecule has 0 saturated heterocycles. The predicted octanol–water partition coefficient (Wildman–Crippen LogP) is 5.83. The monoisotopic (exact) mass is 436 g/mol. The minimum absolute atomic E-state index is 0.0370. The van der Waals surface area contributed by atoms with Crippen LogP contribution in [0.15, 0.2) is 40.9 Å². The number of aromatic nitrogens is 2. The van der Waals surface area contributed by atoms with E-state index in [4.69, 9.17) is 4.74 Å². The van der Waals surface area contributed by atoms with Crippen LogP contribution in [-0.4, -0.2) is 16.2 Å². The molecule has 5 rings (SSSR count). The number of hydrogen-bond donors (Lipinski definition) is 0. The Morgan fingerprint density at radius 1 is 1.33 bits per heavy atom. The molecule has 2 aromatic carbocycles. The van der Waals surface area contributed by atoms with Crippen LogP contribution in [0.3, 0.4) is 0 Å². The second-order valence-corrected chi connectivity index (χ2v) is 8.42. The van der Waals surface area contributed by atoms with Crippen molar-refractivity contribution in [3.05, 3.63) is 58.1 Å². The van der Waals surface area contributed by atoms with E-state index in [0.29, 0.717) is 22.3 Å². The Balaban J connectivity index is 1.60. The molecule has 1 aromatic heterocycles. The van der Waals surface area contributed by atoms with Crippen molar-refractivity contribution in [2.24, 2.45) is 5.41 Å². The smallest absolute Gasteiger partial charge is 0.387 e. The Morgan fingerprint density at radius 3 is 2.89 bits per heavy atom. The van der Waals surface area contributed by atoms with Gasteiger partial charge in [0.2, 0.25) is 0 Å². The Labute approximate surface area is 162 Å². The van der Waals surface area contributed by atoms with Crippen LogP contribution >= 0.6 is 15.9 Å². The Bertz CT molecular complexity index is 1070. The quantitative estimate of drug-likeness (QED) is 0.514. The number of imidazole rings is 1. The van der Waals surface area contributed by atoms with Crippen molar-refractivity contribution < 1.29 is 17.9 Å². The van der Waals surface area contributed by atoms with Gasteiger partial charge in [-0.1, -0.05) is 25.1 Å². The third kappa shape index (κ3) is 2.51. The zero-order chi connectivity index (χ0) is 18.9. The summed E-state index contributed by atoms with van der Waals surface area (Å²) in [5.74, 6) is 1.14. The molecule has 140 valence electrons. The molecule has 3 aromatic rings. The highest BCUT2D eigenvalue weighted by molar-refractivity contribution is 9.10. The van der Waals surface area contributed by atoms with Crippen molar-refractivity contribution >= 4 is 27.0 Å². The van der Waals surface area contributed by atoms with Crippen molar-refractivity contribution in [3.8, 4) is 5.75 Å². The highest BCUT2D eigenvalue weighted by Gasteiger charge is 2.63. The molecule has 2 heterocycles. The molecule has 1 aliphatic heterocycles. The molecule has 3 nitrogen and oxygen atoms in total. The molecule has 27 heavy (non-hydrogen) atoms. The first-order valence-electron chi connectivity index (χ1n) is 8.78. The van der Waals surface area contributed by atoms with Crippen LogP contribution in [0.2, 0.25) is 0 Å². The van der Waals surface area contributed by atoms with Gasteiger partial charge in [0.15, 0.2) is 0 Å². The Morgan fingerprint density at radius 2 is 2.11 bits per heavy atom. The van der Waals surface area contributed by atoms with Crippen LogP contribution in [0.5, 0.6) is 5.75 Å². The van der Waals surface area contributed by atoms with Crippen LogP contribution in [-0.2, 0) is 6.42 Å². The van der Waals surface area contributed by atoms with E-state index in [-0.39, 0.29) is 23.0 Å². The molecule has 3 atom stereocenters. The van der Waals surface area contributed by atoms with Gasteiger partial charge in [-0.15, -0.1) is 0 Å². The van der Waals surface area contributed by atoms with Crippen molar-refractivity contribution in [2.75, 3.05) is 0 Å². The van der Waals surface area contributed by atoms with Crippen molar-refractivity contribution in [3.63, 3.8) is 0 Å². The van der Waals surface area contributed by atoms with E-state index in [1.165, 1.54) is 6.07 Å². The average molecular weight is 437 g/mol. The number of nitrogens with zero attached hydrogens (tertiary/aromatic N) is 2. The summed E-state index contributed by atoms with van der Waals surface area (Å²) in [7, 11) is 0. The molecule has 1 saturated carbocycles. The lowest BCUT2D eigenvalue weighted by Gasteiger charge is -2.24. The van der Waals surface area contributed by atoms with E-state index in [1.54, 1.807) is 18.2 Å². The lowest BCUT2D eigenvalue weighted by Crippen LogP contribution is -2.18. The minimum Gasteiger partial charge on any atom is -0.435 e. The van der Waals surface area contributed by atoms with Gasteiger partial charge < -0.3 is 9.30 Å². The fourth-order valence-electron chi connectivity index (χ4n) is 4.53. The average Bonchev–Trinajstić information content (AvgIpc) is 3.09. The van der Waals surface area contributed by atoms with E-state index in [2.05, 4.69) is 32.4 Å². The molecule has 2 aliphatic rings. The summed E-state index contributed by atoms with van der Waals surface area (Å²) in [6, 6.07) is 10.2. The molecule has 0 spiro atoms. The van der Waals surface area contributed by atoms with Gasteiger partial charge in [-0.3, -0.25) is 0 Å². The standard InChI is InChI=1S/C20H16BrF3N2O/c1-20-9-11(20)18-25-14-8-13(22)12(21)7-15(14)26(18)17(20)6-10-4-2-3-5-16(10)27-19(23)24/h2-5,7-8,11,17,19H,6,9H2,1H3/t11-,17?,20?/m1/s1. The summed E-state index contributed by atoms with van der Waals surface area (Å²) in [6.07, 6.45) is 1.56. The second kappa shape index (κ2) is 5.74. The summed E-state index contributed by atoms with van der Waals surface area (Å²) in [5.41, 5.74) is 2.27. The van der Waals surface area contributed by atoms with Gasteiger partial charge in [-0.2, -0.15) is 8.78 Å². The van der Waals surface area contributed by atoms with Crippen molar-refractivity contribution in [1.29, 1.82) is 0 Å². The van der Waals surface area contributed by atoms with Gasteiger partial charge >= 0.3 is 6.61 Å². The zero-order valence-electron chi connectivity index (χ0n) is 14.4. The Kier molecular flexibility index (Phi) is 3.63. The topological polar surface area (TPSA) is 27.1 Å². The van der Waals surface area contributed by atoms with E-state index >= 15 is 0 Å². The number of ether oxygens (including phenoxy) is 1. The maximum Gasteiger partial charge on any atom is 0.387 e. The van der Waals surface area contributed by atoms with E-state index in [0.717, 1.165) is 23.3 Å². The molecular weight excluding hydrogens is 421 g/mol. The van der Waals surface area contributed by atoms with Gasteiger partial charge in [0, 0.05) is 18.0 Å². The van der Waals surface area contributed by atoms with Gasteiger partial charge in [-0.05, 0) is 51.9 Å². The minimum atomic E-state index is -2.86. The summed E-state index contributed by atoms with van der Waals surface area (Å²) in [6.45, 7) is -0.652. The van der Waals surface area contributed by atoms with Gasteiger partial charge in [0.25, 0.3) is 0 Å². The number of halogens is 4. The summed E-state index contributed by atoms with van der Waals surface area (Å²) in [5, 5.41) is 0. The van der Waals surface area contributed by atoms with Gasteiger partial charge in [-0.25, -0.2) is 9.37 Å². The van der Waals surface area contributed by atoms with Crippen molar-refractivity contribution in [1.82, 2.24) is 9.55 Å². The number of hydrogen-bond acceptors (Lipinski definition) is 2. The molecule has 1 fully saturated rings. The number of para-hydroxylation sites is 1. The van der Waals surface area contributed by atoms with E-state index in [9.17, 15) is 13.2 Å². The van der Waals surface area contributed by atoms with Crippen LogP contribution < -0.4 is 4.74 Å². The molecular formula is C20H16BrF3N2O. The number of fused-ring (bicyclic) bond motifs is 5. The molecule has 0 amide bonds. The zero-order valence-corrected chi connectivity index (χ0v) is 16.0. The fraction of sp³-hybridized carbons (Fsp3) is 0.350. The number of benzene rings is 2. The number of alkyl halides is 2. The summed E-state index contributed by atoms with van der Waals surface area (Å²) < 4.78 is 46.7. The lowest BCUT2D eigenvalue weighted by molar-refractivity contribution is -0.0505. The third-order valence-corrected chi connectivity index (χ3v) is 6.63. The molecule has 1 aliphatic carbocycles. The molecule has 2 unspecified atom stereocenters. The predicted molar refractivity (Wildman–Crippen MR) is 98.7 cm³/mol. The third-order valence-electron chi connectivity index (χ3n) is 6.03. The normalized spacial score (nSPS) is 25.7. The molecule has 7 heteroatoms. The van der Waals surface area contributed by atoms with Gasteiger partial charge in [0.05, 0.1) is 15.5 Å². The maximum atomic E-state index is 13.9. The number of rotatable bonds is 4.